The maximum Gasteiger partial charge on any atom is 0.472 e. The van der Waals surface area contributed by atoms with Crippen molar-refractivity contribution in [2.24, 2.45) is 0 Å². The second-order valence-corrected chi connectivity index (χ2v) is 11.8. The van der Waals surface area contributed by atoms with Crippen molar-refractivity contribution in [1.82, 2.24) is 4.90 Å². The molecule has 0 aromatic heterocycles. The topological polar surface area (TPSA) is 68.2 Å². The van der Waals surface area contributed by atoms with Gasteiger partial charge >= 0.3 is 7.82 Å². The van der Waals surface area contributed by atoms with Gasteiger partial charge in [-0.05, 0) is 33.2 Å². The van der Waals surface area contributed by atoms with E-state index in [0.717, 1.165) is 45.4 Å². The molecule has 0 rings (SSSR count). The standard InChI is InChI=1S/C29H62NO5P/c1-5-8-9-10-11-12-13-14-15-16-17-18-19-20-21-22-27-34-36(31,32)35-29(23-6-2)24-25-30(4)26-28-33-7-3/h29H,5-28H2,1-4H3,(H,31,32). The summed E-state index contributed by atoms with van der Waals surface area (Å²) in [7, 11) is -1.96. The largest absolute Gasteiger partial charge is 0.472 e. The second kappa shape index (κ2) is 26.6. The molecule has 1 N–H and O–H groups in total. The highest BCUT2D eigenvalue weighted by atomic mass is 31.2. The zero-order valence-corrected chi connectivity index (χ0v) is 25.4. The van der Waals surface area contributed by atoms with Crippen molar-refractivity contribution in [2.45, 2.75) is 149 Å². The second-order valence-electron chi connectivity index (χ2n) is 10.4. The first-order valence-electron chi connectivity index (χ1n) is 15.4. The molecule has 0 aliphatic rings. The van der Waals surface area contributed by atoms with E-state index < -0.39 is 7.82 Å². The van der Waals surface area contributed by atoms with Crippen LogP contribution >= 0.6 is 7.82 Å². The van der Waals surface area contributed by atoms with Crippen LogP contribution in [-0.4, -0.2) is 55.9 Å². The molecule has 0 aromatic carbocycles. The highest BCUT2D eigenvalue weighted by Gasteiger charge is 2.26. The molecule has 7 heteroatoms. The third-order valence-corrected chi connectivity index (χ3v) is 7.87. The summed E-state index contributed by atoms with van der Waals surface area (Å²) in [4.78, 5) is 12.3. The monoisotopic (exact) mass is 535 g/mol. The Hall–Kier alpha value is 0.0300. The van der Waals surface area contributed by atoms with Gasteiger partial charge in [0.05, 0.1) is 19.3 Å². The van der Waals surface area contributed by atoms with E-state index in [9.17, 15) is 9.46 Å². The predicted octanol–water partition coefficient (Wildman–Crippen LogP) is 8.91. The number of hydrogen-bond acceptors (Lipinski definition) is 5. The zero-order valence-electron chi connectivity index (χ0n) is 24.5. The van der Waals surface area contributed by atoms with Crippen molar-refractivity contribution < 1.29 is 23.2 Å². The summed E-state index contributed by atoms with van der Waals surface area (Å²) >= 11 is 0. The van der Waals surface area contributed by atoms with Crippen LogP contribution in [0.1, 0.15) is 143 Å². The molecular formula is C29H62NO5P. The molecule has 0 bridgehead atoms. The van der Waals surface area contributed by atoms with E-state index in [0.29, 0.717) is 19.6 Å². The van der Waals surface area contributed by atoms with Gasteiger partial charge in [0.1, 0.15) is 0 Å². The minimum atomic E-state index is -4.00. The van der Waals surface area contributed by atoms with Gasteiger partial charge in [0.2, 0.25) is 0 Å². The first kappa shape index (κ1) is 36.0. The third-order valence-electron chi connectivity index (χ3n) is 6.80. The molecule has 0 aromatic rings. The van der Waals surface area contributed by atoms with Gasteiger partial charge in [-0.1, -0.05) is 117 Å². The van der Waals surface area contributed by atoms with Crippen LogP contribution in [0.4, 0.5) is 0 Å². The van der Waals surface area contributed by atoms with Crippen LogP contribution in [0, 0.1) is 0 Å². The van der Waals surface area contributed by atoms with Crippen LogP contribution in [0.3, 0.4) is 0 Å². The van der Waals surface area contributed by atoms with Crippen LogP contribution < -0.4 is 0 Å². The molecule has 0 radical (unpaired) electrons. The van der Waals surface area contributed by atoms with E-state index in [-0.39, 0.29) is 6.10 Å². The Morgan fingerprint density at radius 3 is 1.64 bits per heavy atom. The van der Waals surface area contributed by atoms with E-state index in [1.165, 1.54) is 89.9 Å². The van der Waals surface area contributed by atoms with Gasteiger partial charge in [-0.3, -0.25) is 9.05 Å². The molecule has 0 aliphatic carbocycles. The van der Waals surface area contributed by atoms with Crippen LogP contribution in [0.2, 0.25) is 0 Å². The lowest BCUT2D eigenvalue weighted by atomic mass is 10.0. The molecule has 0 saturated heterocycles. The molecule has 218 valence electrons. The van der Waals surface area contributed by atoms with Crippen molar-refractivity contribution in [3.8, 4) is 0 Å². The summed E-state index contributed by atoms with van der Waals surface area (Å²) in [5.74, 6) is 0. The number of phosphoric ester groups is 1. The van der Waals surface area contributed by atoms with Crippen molar-refractivity contribution in [3.05, 3.63) is 0 Å². The summed E-state index contributed by atoms with van der Waals surface area (Å²) in [6.45, 7) is 9.69. The molecule has 0 aliphatic heterocycles. The van der Waals surface area contributed by atoms with Gasteiger partial charge in [0.25, 0.3) is 0 Å². The molecule has 0 heterocycles. The Kier molecular flexibility index (Phi) is 26.7. The number of likely N-dealkylation sites (N-methyl/N-ethyl adjacent to an activating group) is 1. The van der Waals surface area contributed by atoms with Gasteiger partial charge < -0.3 is 14.5 Å². The Labute approximate surface area is 224 Å². The maximum absolute atomic E-state index is 12.4. The Morgan fingerprint density at radius 1 is 0.667 bits per heavy atom. The lowest BCUT2D eigenvalue weighted by molar-refractivity contribution is 0.0807. The van der Waals surface area contributed by atoms with Crippen LogP contribution in [0.15, 0.2) is 0 Å². The number of unbranched alkanes of at least 4 members (excludes halogenated alkanes) is 15. The minimum absolute atomic E-state index is 0.258. The van der Waals surface area contributed by atoms with E-state index in [2.05, 4.69) is 18.7 Å². The predicted molar refractivity (Wildman–Crippen MR) is 154 cm³/mol. The molecule has 36 heavy (non-hydrogen) atoms. The van der Waals surface area contributed by atoms with Crippen LogP contribution in [-0.2, 0) is 18.3 Å². The minimum Gasteiger partial charge on any atom is -0.380 e. The third kappa shape index (κ3) is 25.7. The molecule has 6 nitrogen and oxygen atoms in total. The van der Waals surface area contributed by atoms with Crippen LogP contribution in [0.25, 0.3) is 0 Å². The summed E-state index contributed by atoms with van der Waals surface area (Å²) in [6.07, 6.45) is 23.0. The number of rotatable bonds is 29. The zero-order chi connectivity index (χ0) is 26.7. The van der Waals surface area contributed by atoms with E-state index >= 15 is 0 Å². The fraction of sp³-hybridized carbons (Fsp3) is 1.00. The molecule has 0 saturated carbocycles. The molecule has 0 spiro atoms. The maximum atomic E-state index is 12.4. The molecule has 2 unspecified atom stereocenters. The van der Waals surface area contributed by atoms with Gasteiger partial charge in [-0.15, -0.1) is 0 Å². The van der Waals surface area contributed by atoms with Gasteiger partial charge in [0, 0.05) is 19.7 Å². The lowest BCUT2D eigenvalue weighted by Crippen LogP contribution is -2.27. The average Bonchev–Trinajstić information content (AvgIpc) is 2.84. The summed E-state index contributed by atoms with van der Waals surface area (Å²) in [5.41, 5.74) is 0. The van der Waals surface area contributed by atoms with E-state index in [1.807, 2.05) is 14.0 Å². The fourth-order valence-corrected chi connectivity index (χ4v) is 5.47. The summed E-state index contributed by atoms with van der Waals surface area (Å²) in [6, 6.07) is 0. The fourth-order valence-electron chi connectivity index (χ4n) is 4.46. The SMILES string of the molecule is CCCCCCCCCCCCCCCCCCOP(=O)(O)OC(CCC)CCN(C)CCOCC. The van der Waals surface area contributed by atoms with Crippen molar-refractivity contribution in [2.75, 3.05) is 40.0 Å². The van der Waals surface area contributed by atoms with Gasteiger partial charge in [-0.2, -0.15) is 0 Å². The Balaban J connectivity index is 3.67. The van der Waals surface area contributed by atoms with Gasteiger partial charge in [0.15, 0.2) is 0 Å². The van der Waals surface area contributed by atoms with Crippen molar-refractivity contribution >= 4 is 7.82 Å². The Morgan fingerprint density at radius 2 is 1.17 bits per heavy atom. The van der Waals surface area contributed by atoms with Crippen molar-refractivity contribution in [1.29, 1.82) is 0 Å². The average molecular weight is 536 g/mol. The lowest BCUT2D eigenvalue weighted by Gasteiger charge is -2.23. The van der Waals surface area contributed by atoms with Crippen LogP contribution in [0.5, 0.6) is 0 Å². The number of ether oxygens (including phenoxy) is 1. The molecule has 0 fully saturated rings. The quantitative estimate of drug-likeness (QED) is 0.0762. The van der Waals surface area contributed by atoms with Crippen molar-refractivity contribution in [3.63, 3.8) is 0 Å². The number of nitrogens with zero attached hydrogens (tertiary/aromatic N) is 1. The summed E-state index contributed by atoms with van der Waals surface area (Å²) in [5, 5.41) is 0. The highest BCUT2D eigenvalue weighted by molar-refractivity contribution is 7.47. The molecule has 0 amide bonds. The molecule has 2 atom stereocenters. The first-order valence-corrected chi connectivity index (χ1v) is 16.9. The first-order chi connectivity index (χ1) is 17.4. The molecular weight excluding hydrogens is 473 g/mol. The summed E-state index contributed by atoms with van der Waals surface area (Å²) < 4.78 is 28.6. The number of hydrogen-bond donors (Lipinski definition) is 1. The van der Waals surface area contributed by atoms with E-state index in [1.54, 1.807) is 0 Å². The van der Waals surface area contributed by atoms with Gasteiger partial charge in [-0.25, -0.2) is 4.57 Å². The normalized spacial score (nSPS) is 14.4. The Bertz CT molecular complexity index is 494. The van der Waals surface area contributed by atoms with E-state index in [4.69, 9.17) is 13.8 Å². The highest BCUT2D eigenvalue weighted by Crippen LogP contribution is 2.45. The smallest absolute Gasteiger partial charge is 0.380 e. The number of phosphoric acid groups is 1.